The van der Waals surface area contributed by atoms with E-state index >= 15 is 0 Å². The zero-order valence-corrected chi connectivity index (χ0v) is 7.91. The van der Waals surface area contributed by atoms with Crippen molar-refractivity contribution in [2.24, 2.45) is 5.73 Å². The largest absolute Gasteiger partial charge is 0.325 e. The van der Waals surface area contributed by atoms with Crippen LogP contribution in [-0.2, 0) is 6.54 Å². The number of rotatable bonds is 1. The number of nitrogens with zero attached hydrogens (tertiary/aromatic N) is 3. The molecule has 2 rings (SSSR count). The van der Waals surface area contributed by atoms with Gasteiger partial charge in [0.25, 0.3) is 0 Å². The van der Waals surface area contributed by atoms with Crippen LogP contribution in [0.1, 0.15) is 11.4 Å². The van der Waals surface area contributed by atoms with E-state index in [-0.39, 0.29) is 0 Å². The van der Waals surface area contributed by atoms with Gasteiger partial charge in [-0.2, -0.15) is 0 Å². The number of hydrogen-bond donors (Lipinski definition) is 1. The van der Waals surface area contributed by atoms with Crippen LogP contribution in [0.4, 0.5) is 0 Å². The number of aromatic nitrogens is 3. The highest BCUT2D eigenvalue weighted by Crippen LogP contribution is 2.13. The van der Waals surface area contributed by atoms with E-state index in [1.165, 1.54) is 0 Å². The third-order valence-electron chi connectivity index (χ3n) is 1.88. The Hall–Kier alpha value is -1.13. The van der Waals surface area contributed by atoms with Crippen molar-refractivity contribution in [2.75, 3.05) is 0 Å². The summed E-state index contributed by atoms with van der Waals surface area (Å²) in [5.41, 5.74) is 7.30. The van der Waals surface area contributed by atoms with Crippen LogP contribution in [0, 0.1) is 6.92 Å². The monoisotopic (exact) mass is 196 g/mol. The molecule has 2 aromatic heterocycles. The average Bonchev–Trinajstić information content (AvgIpc) is 2.48. The second-order valence-electron chi connectivity index (χ2n) is 2.81. The third-order valence-corrected chi connectivity index (χ3v) is 2.15. The van der Waals surface area contributed by atoms with Gasteiger partial charge in [-0.3, -0.25) is 4.40 Å². The van der Waals surface area contributed by atoms with Crippen LogP contribution in [-0.4, -0.2) is 14.4 Å². The van der Waals surface area contributed by atoms with Gasteiger partial charge in [0.2, 0.25) is 5.78 Å². The summed E-state index contributed by atoms with van der Waals surface area (Å²) in [6.07, 6.45) is 1.58. The summed E-state index contributed by atoms with van der Waals surface area (Å²) in [4.78, 5) is 8.27. The van der Waals surface area contributed by atoms with Crippen LogP contribution in [0.25, 0.3) is 5.78 Å². The van der Waals surface area contributed by atoms with Gasteiger partial charge >= 0.3 is 0 Å². The van der Waals surface area contributed by atoms with E-state index in [4.69, 9.17) is 17.3 Å². The lowest BCUT2D eigenvalue weighted by Crippen LogP contribution is -2.04. The van der Waals surface area contributed by atoms with Crippen molar-refractivity contribution in [2.45, 2.75) is 13.5 Å². The highest BCUT2D eigenvalue weighted by atomic mass is 35.5. The fourth-order valence-electron chi connectivity index (χ4n) is 1.30. The molecule has 0 spiro atoms. The van der Waals surface area contributed by atoms with Crippen molar-refractivity contribution in [1.29, 1.82) is 0 Å². The second kappa shape index (κ2) is 2.97. The Bertz CT molecular complexity index is 449. The molecule has 0 saturated heterocycles. The second-order valence-corrected chi connectivity index (χ2v) is 3.20. The topological polar surface area (TPSA) is 56.2 Å². The summed E-state index contributed by atoms with van der Waals surface area (Å²) < 4.78 is 1.78. The molecule has 0 fully saturated rings. The first-order valence-electron chi connectivity index (χ1n) is 3.92. The molecule has 0 unspecified atom stereocenters. The molecule has 0 radical (unpaired) electrons. The van der Waals surface area contributed by atoms with E-state index in [0.717, 1.165) is 11.4 Å². The van der Waals surface area contributed by atoms with Gasteiger partial charge in [0.05, 0.1) is 11.9 Å². The molecule has 0 aromatic carbocycles. The van der Waals surface area contributed by atoms with Crippen LogP contribution in [0.2, 0.25) is 5.15 Å². The first-order chi connectivity index (χ1) is 6.22. The predicted molar refractivity (Wildman–Crippen MR) is 50.6 cm³/mol. The smallest absolute Gasteiger partial charge is 0.235 e. The molecular weight excluding hydrogens is 188 g/mol. The number of hydrogen-bond acceptors (Lipinski definition) is 3. The lowest BCUT2D eigenvalue weighted by molar-refractivity contribution is 0.939. The summed E-state index contributed by atoms with van der Waals surface area (Å²) in [5.74, 6) is 0.602. The number of imidazole rings is 1. The van der Waals surface area contributed by atoms with E-state index in [0.29, 0.717) is 17.5 Å². The normalized spacial score (nSPS) is 11.0. The Morgan fingerprint density at radius 1 is 1.62 bits per heavy atom. The fraction of sp³-hybridized carbons (Fsp3) is 0.250. The molecule has 2 N–H and O–H groups in total. The van der Waals surface area contributed by atoms with Gasteiger partial charge in [0, 0.05) is 12.2 Å². The van der Waals surface area contributed by atoms with Crippen molar-refractivity contribution in [3.05, 3.63) is 28.8 Å². The lowest BCUT2D eigenvalue weighted by atomic mass is 10.3. The first kappa shape index (κ1) is 8.47. The maximum atomic E-state index is 5.90. The highest BCUT2D eigenvalue weighted by molar-refractivity contribution is 6.29. The quantitative estimate of drug-likeness (QED) is 0.745. The summed E-state index contributed by atoms with van der Waals surface area (Å²) >= 11 is 5.90. The van der Waals surface area contributed by atoms with E-state index in [1.807, 2.05) is 13.0 Å². The standard InChI is InChI=1S/C8H9ClN4/c1-5-2-6(3-10)12-8-11-4-7(9)13(5)8/h2,4H,3,10H2,1H3. The van der Waals surface area contributed by atoms with Crippen LogP contribution < -0.4 is 5.73 Å². The zero-order valence-electron chi connectivity index (χ0n) is 7.16. The Labute approximate surface area is 80.4 Å². The zero-order chi connectivity index (χ0) is 9.42. The maximum Gasteiger partial charge on any atom is 0.235 e. The first-order valence-corrected chi connectivity index (χ1v) is 4.29. The van der Waals surface area contributed by atoms with Crippen molar-refractivity contribution in [1.82, 2.24) is 14.4 Å². The summed E-state index contributed by atoms with van der Waals surface area (Å²) in [7, 11) is 0. The van der Waals surface area contributed by atoms with E-state index < -0.39 is 0 Å². The molecule has 2 heterocycles. The number of aryl methyl sites for hydroxylation is 1. The Morgan fingerprint density at radius 2 is 2.38 bits per heavy atom. The minimum absolute atomic E-state index is 0.418. The molecule has 13 heavy (non-hydrogen) atoms. The molecule has 2 aromatic rings. The van der Waals surface area contributed by atoms with E-state index in [2.05, 4.69) is 9.97 Å². The van der Waals surface area contributed by atoms with Gasteiger partial charge < -0.3 is 5.73 Å². The third kappa shape index (κ3) is 1.28. The van der Waals surface area contributed by atoms with Crippen molar-refractivity contribution in [3.8, 4) is 0 Å². The summed E-state index contributed by atoms with van der Waals surface area (Å²) in [6.45, 7) is 2.36. The maximum absolute atomic E-state index is 5.90. The fourth-order valence-corrected chi connectivity index (χ4v) is 1.56. The predicted octanol–water partition coefficient (Wildman–Crippen LogP) is 1.15. The van der Waals surface area contributed by atoms with E-state index in [1.54, 1.807) is 10.6 Å². The molecule has 0 saturated carbocycles. The molecule has 0 aliphatic rings. The average molecular weight is 197 g/mol. The molecule has 0 bridgehead atoms. The SMILES string of the molecule is Cc1cc(CN)nc2ncc(Cl)n12. The van der Waals surface area contributed by atoms with Crippen LogP contribution >= 0.6 is 11.6 Å². The number of nitrogens with two attached hydrogens (primary N) is 1. The minimum atomic E-state index is 0.418. The van der Waals surface area contributed by atoms with Gasteiger partial charge in [0.1, 0.15) is 5.15 Å². The van der Waals surface area contributed by atoms with Crippen LogP contribution in [0.3, 0.4) is 0 Å². The Balaban J connectivity index is 2.79. The molecule has 5 heteroatoms. The molecular formula is C8H9ClN4. The number of fused-ring (bicyclic) bond motifs is 1. The van der Waals surface area contributed by atoms with Crippen molar-refractivity contribution < 1.29 is 0 Å². The molecule has 0 amide bonds. The van der Waals surface area contributed by atoms with Gasteiger partial charge in [-0.05, 0) is 13.0 Å². The molecule has 4 nitrogen and oxygen atoms in total. The van der Waals surface area contributed by atoms with E-state index in [9.17, 15) is 0 Å². The van der Waals surface area contributed by atoms with Crippen molar-refractivity contribution >= 4 is 17.4 Å². The van der Waals surface area contributed by atoms with Gasteiger partial charge in [-0.25, -0.2) is 9.97 Å². The molecule has 0 aliphatic carbocycles. The van der Waals surface area contributed by atoms with Gasteiger partial charge in [0.15, 0.2) is 0 Å². The number of halogens is 1. The lowest BCUT2D eigenvalue weighted by Gasteiger charge is -2.02. The van der Waals surface area contributed by atoms with Gasteiger partial charge in [-0.15, -0.1) is 0 Å². The molecule has 68 valence electrons. The van der Waals surface area contributed by atoms with Crippen LogP contribution in [0.15, 0.2) is 12.3 Å². The summed E-state index contributed by atoms with van der Waals surface area (Å²) in [5, 5.41) is 0.573. The highest BCUT2D eigenvalue weighted by Gasteiger charge is 2.05. The summed E-state index contributed by atoms with van der Waals surface area (Å²) in [6, 6.07) is 1.90. The Morgan fingerprint density at radius 3 is 3.08 bits per heavy atom. The molecule has 0 aliphatic heterocycles. The minimum Gasteiger partial charge on any atom is -0.325 e. The van der Waals surface area contributed by atoms with Gasteiger partial charge in [-0.1, -0.05) is 11.6 Å². The van der Waals surface area contributed by atoms with Crippen molar-refractivity contribution in [3.63, 3.8) is 0 Å². The van der Waals surface area contributed by atoms with Crippen LogP contribution in [0.5, 0.6) is 0 Å². The Kier molecular flexibility index (Phi) is 1.94. The molecule has 0 atom stereocenters.